The zero-order valence-corrected chi connectivity index (χ0v) is 16.0. The molecule has 1 atom stereocenters. The average molecular weight is 389 g/mol. The van der Waals surface area contributed by atoms with Crippen LogP contribution in [0, 0.1) is 6.92 Å². The van der Waals surface area contributed by atoms with Crippen LogP contribution >= 0.6 is 34.7 Å². The van der Waals surface area contributed by atoms with E-state index >= 15 is 0 Å². The van der Waals surface area contributed by atoms with Crippen molar-refractivity contribution in [1.82, 2.24) is 10.3 Å². The molecule has 0 radical (unpaired) electrons. The molecular formula is C19H17ClN2OS2. The Balaban J connectivity index is 1.68. The van der Waals surface area contributed by atoms with E-state index in [1.54, 1.807) is 23.6 Å². The van der Waals surface area contributed by atoms with Crippen molar-refractivity contribution < 1.29 is 4.79 Å². The number of hydrogen-bond donors (Lipinski definition) is 1. The maximum Gasteiger partial charge on any atom is 0.231 e. The number of pyridine rings is 1. The van der Waals surface area contributed by atoms with Crippen LogP contribution < -0.4 is 5.32 Å². The predicted octanol–water partition coefficient (Wildman–Crippen LogP) is 5.10. The lowest BCUT2D eigenvalue weighted by Crippen LogP contribution is -2.30. The second-order valence-corrected chi connectivity index (χ2v) is 7.94. The molecule has 0 aliphatic carbocycles. The van der Waals surface area contributed by atoms with E-state index in [2.05, 4.69) is 41.5 Å². The summed E-state index contributed by atoms with van der Waals surface area (Å²) >= 11 is 8.86. The van der Waals surface area contributed by atoms with E-state index in [-0.39, 0.29) is 11.9 Å². The molecule has 25 heavy (non-hydrogen) atoms. The number of carbonyl (C=O) groups excluding carboxylic acids is 1. The summed E-state index contributed by atoms with van der Waals surface area (Å²) in [6.07, 6.45) is 1.59. The third kappa shape index (κ3) is 5.08. The van der Waals surface area contributed by atoms with Gasteiger partial charge in [-0.3, -0.25) is 4.79 Å². The minimum atomic E-state index is -0.133. The Hall–Kier alpha value is -1.82. The molecule has 1 aromatic carbocycles. The van der Waals surface area contributed by atoms with Crippen LogP contribution in [0.15, 0.2) is 65.1 Å². The summed E-state index contributed by atoms with van der Waals surface area (Å²) < 4.78 is 0. The van der Waals surface area contributed by atoms with Gasteiger partial charge in [0, 0.05) is 11.1 Å². The lowest BCUT2D eigenvalue weighted by Gasteiger charge is -2.18. The summed E-state index contributed by atoms with van der Waals surface area (Å²) in [5.41, 5.74) is 2.28. The van der Waals surface area contributed by atoms with Gasteiger partial charge in [0.2, 0.25) is 5.91 Å². The number of halogens is 1. The highest BCUT2D eigenvalue weighted by molar-refractivity contribution is 7.99. The first kappa shape index (κ1) is 18.0. The van der Waals surface area contributed by atoms with Crippen molar-refractivity contribution in [3.05, 3.63) is 81.1 Å². The molecule has 0 saturated carbocycles. The molecule has 0 saturated heterocycles. The second-order valence-electron chi connectivity index (χ2n) is 5.53. The molecule has 3 aromatic rings. The molecular weight excluding hydrogens is 372 g/mol. The molecule has 1 unspecified atom stereocenters. The summed E-state index contributed by atoms with van der Waals surface area (Å²) in [4.78, 5) is 17.8. The molecule has 0 aliphatic heterocycles. The molecule has 2 heterocycles. The fourth-order valence-corrected chi connectivity index (χ4v) is 3.89. The Kier molecular flexibility index (Phi) is 6.13. The van der Waals surface area contributed by atoms with Crippen molar-refractivity contribution in [3.8, 4) is 0 Å². The first-order valence-corrected chi connectivity index (χ1v) is 10.00. The van der Waals surface area contributed by atoms with E-state index in [1.165, 1.54) is 17.3 Å². The Morgan fingerprint density at radius 2 is 2.04 bits per heavy atom. The van der Waals surface area contributed by atoms with E-state index < -0.39 is 0 Å². The van der Waals surface area contributed by atoms with Crippen LogP contribution in [0.5, 0.6) is 0 Å². The van der Waals surface area contributed by atoms with Gasteiger partial charge in [0.25, 0.3) is 0 Å². The van der Waals surface area contributed by atoms with Crippen LogP contribution in [-0.4, -0.2) is 16.6 Å². The van der Waals surface area contributed by atoms with Gasteiger partial charge in [0.15, 0.2) is 0 Å². The lowest BCUT2D eigenvalue weighted by atomic mass is 10.0. The average Bonchev–Trinajstić information content (AvgIpc) is 3.14. The minimum absolute atomic E-state index is 0.0271. The van der Waals surface area contributed by atoms with E-state index in [0.717, 1.165) is 15.5 Å². The van der Waals surface area contributed by atoms with E-state index in [1.807, 2.05) is 23.6 Å². The standard InChI is InChI=1S/C19H17ClN2OS2/c1-13-4-6-14(7-5-13)19(16-3-2-10-24-16)22-17(23)12-25-18-9-8-15(20)11-21-18/h2-11,19H,12H2,1H3,(H,22,23). The van der Waals surface area contributed by atoms with Crippen molar-refractivity contribution in [2.75, 3.05) is 5.75 Å². The molecule has 0 fully saturated rings. The smallest absolute Gasteiger partial charge is 0.231 e. The molecule has 0 spiro atoms. The molecule has 2 aromatic heterocycles. The Morgan fingerprint density at radius 3 is 2.68 bits per heavy atom. The van der Waals surface area contributed by atoms with Crippen molar-refractivity contribution in [2.24, 2.45) is 0 Å². The van der Waals surface area contributed by atoms with Gasteiger partial charge in [0.05, 0.1) is 21.8 Å². The number of carbonyl (C=O) groups is 1. The van der Waals surface area contributed by atoms with Crippen molar-refractivity contribution in [3.63, 3.8) is 0 Å². The van der Waals surface area contributed by atoms with Crippen LogP contribution in [0.1, 0.15) is 22.0 Å². The molecule has 1 N–H and O–H groups in total. The van der Waals surface area contributed by atoms with Crippen LogP contribution in [0.2, 0.25) is 5.02 Å². The minimum Gasteiger partial charge on any atom is -0.344 e. The predicted molar refractivity (Wildman–Crippen MR) is 105 cm³/mol. The number of nitrogens with zero attached hydrogens (tertiary/aromatic N) is 1. The summed E-state index contributed by atoms with van der Waals surface area (Å²) in [5, 5.41) is 6.53. The van der Waals surface area contributed by atoms with Gasteiger partial charge in [0.1, 0.15) is 0 Å². The zero-order chi connectivity index (χ0) is 17.6. The van der Waals surface area contributed by atoms with Gasteiger partial charge >= 0.3 is 0 Å². The zero-order valence-electron chi connectivity index (χ0n) is 13.6. The van der Waals surface area contributed by atoms with Crippen molar-refractivity contribution >= 4 is 40.6 Å². The summed E-state index contributed by atoms with van der Waals surface area (Å²) in [6.45, 7) is 2.05. The highest BCUT2D eigenvalue weighted by atomic mass is 35.5. The van der Waals surface area contributed by atoms with E-state index in [9.17, 15) is 4.79 Å². The van der Waals surface area contributed by atoms with Crippen LogP contribution in [0.25, 0.3) is 0 Å². The van der Waals surface area contributed by atoms with Gasteiger partial charge in [-0.2, -0.15) is 0 Å². The van der Waals surface area contributed by atoms with Gasteiger partial charge in [-0.25, -0.2) is 4.98 Å². The molecule has 3 nitrogen and oxygen atoms in total. The maximum atomic E-state index is 12.4. The topological polar surface area (TPSA) is 42.0 Å². The van der Waals surface area contributed by atoms with Gasteiger partial charge in [-0.15, -0.1) is 11.3 Å². The summed E-state index contributed by atoms with van der Waals surface area (Å²) in [5.74, 6) is 0.281. The number of nitrogens with one attached hydrogen (secondary N) is 1. The van der Waals surface area contributed by atoms with Crippen molar-refractivity contribution in [2.45, 2.75) is 18.0 Å². The Morgan fingerprint density at radius 1 is 1.24 bits per heavy atom. The largest absolute Gasteiger partial charge is 0.344 e. The molecule has 128 valence electrons. The number of aromatic nitrogens is 1. The second kappa shape index (κ2) is 8.52. The number of aryl methyl sites for hydroxylation is 1. The molecule has 3 rings (SSSR count). The third-order valence-corrected chi connectivity index (χ3v) is 5.70. The fourth-order valence-electron chi connectivity index (χ4n) is 2.32. The molecule has 0 bridgehead atoms. The summed E-state index contributed by atoms with van der Waals surface area (Å²) in [6, 6.07) is 15.8. The first-order valence-electron chi connectivity index (χ1n) is 7.75. The third-order valence-electron chi connectivity index (χ3n) is 3.60. The highest BCUT2D eigenvalue weighted by Gasteiger charge is 2.18. The number of amides is 1. The highest BCUT2D eigenvalue weighted by Crippen LogP contribution is 2.27. The summed E-state index contributed by atoms with van der Waals surface area (Å²) in [7, 11) is 0. The number of benzene rings is 1. The quantitative estimate of drug-likeness (QED) is 0.597. The number of rotatable bonds is 6. The van der Waals surface area contributed by atoms with Crippen molar-refractivity contribution in [1.29, 1.82) is 0 Å². The van der Waals surface area contributed by atoms with Crippen LogP contribution in [-0.2, 0) is 4.79 Å². The maximum absolute atomic E-state index is 12.4. The lowest BCUT2D eigenvalue weighted by molar-refractivity contribution is -0.119. The fraction of sp³-hybridized carbons (Fsp3) is 0.158. The SMILES string of the molecule is Cc1ccc(C(NC(=O)CSc2ccc(Cl)cn2)c2cccs2)cc1. The Labute approximate surface area is 160 Å². The normalized spacial score (nSPS) is 11.9. The number of thioether (sulfide) groups is 1. The molecule has 6 heteroatoms. The molecule has 1 amide bonds. The number of hydrogen-bond acceptors (Lipinski definition) is 4. The first-order chi connectivity index (χ1) is 12.1. The monoisotopic (exact) mass is 388 g/mol. The van der Waals surface area contributed by atoms with E-state index in [0.29, 0.717) is 10.8 Å². The number of thiophene rings is 1. The van der Waals surface area contributed by atoms with Crippen LogP contribution in [0.3, 0.4) is 0 Å². The van der Waals surface area contributed by atoms with Crippen LogP contribution in [0.4, 0.5) is 0 Å². The molecule has 0 aliphatic rings. The van der Waals surface area contributed by atoms with Gasteiger partial charge in [-0.1, -0.05) is 59.3 Å². The Bertz CT molecular complexity index is 818. The van der Waals surface area contributed by atoms with E-state index in [4.69, 9.17) is 11.6 Å². The van der Waals surface area contributed by atoms with Gasteiger partial charge in [-0.05, 0) is 36.1 Å². The van der Waals surface area contributed by atoms with Gasteiger partial charge < -0.3 is 5.32 Å².